The fraction of sp³-hybridized carbons (Fsp3) is 0.167. The molecule has 3 rings (SSSR count). The lowest BCUT2D eigenvalue weighted by atomic mass is 10.0. The van der Waals surface area contributed by atoms with Gasteiger partial charge >= 0.3 is 6.09 Å². The minimum atomic E-state index is -0.650. The van der Waals surface area contributed by atoms with E-state index in [1.54, 1.807) is 4.90 Å². The van der Waals surface area contributed by atoms with E-state index in [-0.39, 0.29) is 6.09 Å². The van der Waals surface area contributed by atoms with Crippen LogP contribution in [0.5, 0.6) is 0 Å². The highest BCUT2D eigenvalue weighted by molar-refractivity contribution is 5.96. The van der Waals surface area contributed by atoms with Gasteiger partial charge in [0.1, 0.15) is 5.60 Å². The van der Waals surface area contributed by atoms with Crippen LogP contribution in [0.1, 0.15) is 19.4 Å². The maximum atomic E-state index is 12.3. The first-order valence-corrected chi connectivity index (χ1v) is 6.93. The molecule has 0 N–H and O–H groups in total. The van der Waals surface area contributed by atoms with Crippen molar-refractivity contribution in [3.05, 3.63) is 71.9 Å². The fourth-order valence-electron chi connectivity index (χ4n) is 2.45. The summed E-state index contributed by atoms with van der Waals surface area (Å²) in [7, 11) is 0. The first-order chi connectivity index (χ1) is 10.1. The third-order valence-corrected chi connectivity index (χ3v) is 3.50. The van der Waals surface area contributed by atoms with Crippen LogP contribution in [0.2, 0.25) is 0 Å². The fourth-order valence-corrected chi connectivity index (χ4v) is 2.45. The van der Waals surface area contributed by atoms with Gasteiger partial charge in [0.25, 0.3) is 0 Å². The van der Waals surface area contributed by atoms with Crippen LogP contribution in [0.15, 0.2) is 66.4 Å². The Kier molecular flexibility index (Phi) is 3.26. The molecule has 0 spiro atoms. The summed E-state index contributed by atoms with van der Waals surface area (Å²) >= 11 is 0. The lowest BCUT2D eigenvalue weighted by Crippen LogP contribution is -2.25. The first kappa shape index (κ1) is 13.4. The summed E-state index contributed by atoms with van der Waals surface area (Å²) in [6, 6.07) is 19.5. The lowest BCUT2D eigenvalue weighted by molar-refractivity contribution is 0.0990. The molecular formula is C18H17NO2. The van der Waals surface area contributed by atoms with Crippen LogP contribution in [0.3, 0.4) is 0 Å². The molecule has 0 saturated carbocycles. The van der Waals surface area contributed by atoms with Crippen LogP contribution in [-0.4, -0.2) is 11.7 Å². The normalized spacial score (nSPS) is 18.9. The van der Waals surface area contributed by atoms with Gasteiger partial charge in [-0.2, -0.15) is 0 Å². The predicted molar refractivity (Wildman–Crippen MR) is 83.9 cm³/mol. The van der Waals surface area contributed by atoms with Crippen molar-refractivity contribution in [2.45, 2.75) is 19.4 Å². The van der Waals surface area contributed by atoms with E-state index in [1.165, 1.54) is 0 Å². The van der Waals surface area contributed by atoms with Gasteiger partial charge in [0.15, 0.2) is 0 Å². The Balaban J connectivity index is 2.09. The number of nitrogens with zero attached hydrogens (tertiary/aromatic N) is 1. The second-order valence-corrected chi connectivity index (χ2v) is 5.49. The Morgan fingerprint density at radius 3 is 2.14 bits per heavy atom. The minimum Gasteiger partial charge on any atom is -0.436 e. The van der Waals surface area contributed by atoms with E-state index in [0.29, 0.717) is 0 Å². The zero-order chi connectivity index (χ0) is 14.9. The van der Waals surface area contributed by atoms with Crippen LogP contribution >= 0.6 is 0 Å². The summed E-state index contributed by atoms with van der Waals surface area (Å²) in [5.41, 5.74) is 2.04. The molecule has 21 heavy (non-hydrogen) atoms. The third-order valence-electron chi connectivity index (χ3n) is 3.50. The Labute approximate surface area is 124 Å². The average molecular weight is 279 g/mol. The summed E-state index contributed by atoms with van der Waals surface area (Å²) in [5, 5.41) is 0. The molecule has 1 aliphatic heterocycles. The molecule has 3 heteroatoms. The third kappa shape index (κ3) is 2.55. The van der Waals surface area contributed by atoms with Gasteiger partial charge in [-0.15, -0.1) is 0 Å². The predicted octanol–water partition coefficient (Wildman–Crippen LogP) is 4.46. The van der Waals surface area contributed by atoms with Crippen LogP contribution < -0.4 is 4.90 Å². The van der Waals surface area contributed by atoms with Gasteiger partial charge in [0.05, 0.1) is 11.4 Å². The topological polar surface area (TPSA) is 29.5 Å². The van der Waals surface area contributed by atoms with Gasteiger partial charge in [-0.3, -0.25) is 0 Å². The molecule has 1 fully saturated rings. The van der Waals surface area contributed by atoms with Gasteiger partial charge in [-0.05, 0) is 37.6 Å². The summed E-state index contributed by atoms with van der Waals surface area (Å²) in [6.07, 6.45) is 1.66. The maximum Gasteiger partial charge on any atom is 0.419 e. The second kappa shape index (κ2) is 5.09. The van der Waals surface area contributed by atoms with Crippen LogP contribution in [-0.2, 0) is 4.74 Å². The Bertz CT molecular complexity index is 675. The monoisotopic (exact) mass is 279 g/mol. The van der Waals surface area contributed by atoms with E-state index in [9.17, 15) is 4.79 Å². The molecule has 2 aromatic carbocycles. The summed E-state index contributed by atoms with van der Waals surface area (Å²) in [6.45, 7) is 3.81. The standard InChI is InChI=1S/C18H17NO2/c1-18(2)16(13-14-9-5-3-6-10-14)19(17(20)21-18)15-11-7-4-8-12-15/h3-13H,1-2H3/b16-13-. The number of ether oxygens (including phenoxy) is 1. The Morgan fingerprint density at radius 2 is 1.52 bits per heavy atom. The van der Waals surface area contributed by atoms with E-state index in [0.717, 1.165) is 16.9 Å². The molecule has 1 aliphatic rings. The summed E-state index contributed by atoms with van der Waals surface area (Å²) in [4.78, 5) is 13.9. The van der Waals surface area contributed by atoms with Crippen LogP contribution in [0.4, 0.5) is 10.5 Å². The van der Waals surface area contributed by atoms with Gasteiger partial charge in [0, 0.05) is 0 Å². The number of hydrogen-bond acceptors (Lipinski definition) is 2. The molecular weight excluding hydrogens is 262 g/mol. The van der Waals surface area contributed by atoms with Crippen molar-refractivity contribution in [3.8, 4) is 0 Å². The number of anilines is 1. The van der Waals surface area contributed by atoms with Crippen molar-refractivity contribution in [3.63, 3.8) is 0 Å². The molecule has 0 atom stereocenters. The second-order valence-electron chi connectivity index (χ2n) is 5.49. The van der Waals surface area contributed by atoms with Crippen molar-refractivity contribution in [1.29, 1.82) is 0 Å². The summed E-state index contributed by atoms with van der Waals surface area (Å²) < 4.78 is 5.52. The number of benzene rings is 2. The van der Waals surface area contributed by atoms with Gasteiger partial charge in [-0.25, -0.2) is 9.69 Å². The molecule has 3 nitrogen and oxygen atoms in total. The molecule has 1 heterocycles. The number of amides is 1. The van der Waals surface area contributed by atoms with E-state index >= 15 is 0 Å². The number of carbonyl (C=O) groups is 1. The molecule has 0 bridgehead atoms. The largest absolute Gasteiger partial charge is 0.436 e. The van der Waals surface area contributed by atoms with Gasteiger partial charge < -0.3 is 4.74 Å². The molecule has 1 amide bonds. The van der Waals surface area contributed by atoms with Crippen LogP contribution in [0.25, 0.3) is 6.08 Å². The van der Waals surface area contributed by atoms with Crippen molar-refractivity contribution in [2.24, 2.45) is 0 Å². The minimum absolute atomic E-state index is 0.339. The highest BCUT2D eigenvalue weighted by Gasteiger charge is 2.43. The first-order valence-electron chi connectivity index (χ1n) is 6.93. The number of cyclic esters (lactones) is 1. The summed E-state index contributed by atoms with van der Waals surface area (Å²) in [5.74, 6) is 0. The number of para-hydroxylation sites is 1. The van der Waals surface area contributed by atoms with Crippen molar-refractivity contribution >= 4 is 17.9 Å². The van der Waals surface area contributed by atoms with Crippen LogP contribution in [0, 0.1) is 0 Å². The van der Waals surface area contributed by atoms with Crippen molar-refractivity contribution < 1.29 is 9.53 Å². The van der Waals surface area contributed by atoms with E-state index in [1.807, 2.05) is 80.6 Å². The number of carbonyl (C=O) groups excluding carboxylic acids is 1. The molecule has 106 valence electrons. The zero-order valence-electron chi connectivity index (χ0n) is 12.1. The smallest absolute Gasteiger partial charge is 0.419 e. The highest BCUT2D eigenvalue weighted by Crippen LogP contribution is 2.37. The van der Waals surface area contributed by atoms with E-state index < -0.39 is 5.60 Å². The Morgan fingerprint density at radius 1 is 0.952 bits per heavy atom. The lowest BCUT2D eigenvalue weighted by Gasteiger charge is -2.21. The zero-order valence-corrected chi connectivity index (χ0v) is 12.1. The van der Waals surface area contributed by atoms with Gasteiger partial charge in [-0.1, -0.05) is 48.5 Å². The number of hydrogen-bond donors (Lipinski definition) is 0. The van der Waals surface area contributed by atoms with E-state index in [2.05, 4.69) is 0 Å². The highest BCUT2D eigenvalue weighted by atomic mass is 16.6. The molecule has 0 aromatic heterocycles. The van der Waals surface area contributed by atoms with Gasteiger partial charge in [0.2, 0.25) is 0 Å². The average Bonchev–Trinajstić information content (AvgIpc) is 2.70. The quantitative estimate of drug-likeness (QED) is 0.812. The molecule has 0 unspecified atom stereocenters. The maximum absolute atomic E-state index is 12.3. The Hall–Kier alpha value is -2.55. The van der Waals surface area contributed by atoms with Crippen molar-refractivity contribution in [2.75, 3.05) is 4.90 Å². The molecule has 1 saturated heterocycles. The molecule has 2 aromatic rings. The SMILES string of the molecule is CC1(C)OC(=O)N(c2ccccc2)/C1=C\c1ccccc1. The van der Waals surface area contributed by atoms with Crippen molar-refractivity contribution in [1.82, 2.24) is 0 Å². The molecule has 0 radical (unpaired) electrons. The van der Waals surface area contributed by atoms with E-state index in [4.69, 9.17) is 4.74 Å². The number of rotatable bonds is 2. The molecule has 0 aliphatic carbocycles.